The first-order valence-corrected chi connectivity index (χ1v) is 25.8. The molecule has 0 spiro atoms. The van der Waals surface area contributed by atoms with Gasteiger partial charge >= 0.3 is 0 Å². The van der Waals surface area contributed by atoms with Crippen LogP contribution in [-0.4, -0.2) is 7.05 Å². The van der Waals surface area contributed by atoms with E-state index in [4.69, 9.17) is 6.58 Å². The van der Waals surface area contributed by atoms with E-state index in [9.17, 15) is 0 Å². The van der Waals surface area contributed by atoms with E-state index in [2.05, 4.69) is 292 Å². The molecule has 0 fully saturated rings. The highest BCUT2D eigenvalue weighted by Gasteiger charge is 2.48. The SMILES string of the molecule is C=C(/C=C/C=C/C=C/C=C/C=C1/N(C)c2c(c3ccccc3c3ccccc23)C1(Cc1ccccc1)Cc1ccccc1)C(Cc1ccccc1)(Cc1ccccc1)c1c(C)c2ccccc2c2ccccc12. The average molecular weight is 940 g/mol. The summed E-state index contributed by atoms with van der Waals surface area (Å²) < 4.78 is 0. The van der Waals surface area contributed by atoms with Gasteiger partial charge in [0, 0.05) is 29.0 Å². The third kappa shape index (κ3) is 8.98. The van der Waals surface area contributed by atoms with Crippen LogP contribution in [-0.2, 0) is 36.5 Å². The highest BCUT2D eigenvalue weighted by Crippen LogP contribution is 2.57. The molecular weight excluding hydrogens is 879 g/mol. The molecule has 0 unspecified atom stereocenters. The van der Waals surface area contributed by atoms with E-state index in [1.807, 2.05) is 0 Å². The third-order valence-corrected chi connectivity index (χ3v) is 15.5. The quantitative estimate of drug-likeness (QED) is 0.0731. The van der Waals surface area contributed by atoms with E-state index in [1.54, 1.807) is 0 Å². The summed E-state index contributed by atoms with van der Waals surface area (Å²) in [4.78, 5) is 2.49. The van der Waals surface area contributed by atoms with Gasteiger partial charge in [-0.1, -0.05) is 274 Å². The summed E-state index contributed by atoms with van der Waals surface area (Å²) in [5, 5.41) is 10.3. The minimum absolute atomic E-state index is 0.342. The number of hydrogen-bond acceptors (Lipinski definition) is 1. The zero-order valence-electron chi connectivity index (χ0n) is 42.0. The fourth-order valence-electron chi connectivity index (χ4n) is 12.4. The van der Waals surface area contributed by atoms with Gasteiger partial charge in [0.2, 0.25) is 0 Å². The lowest BCUT2D eigenvalue weighted by molar-refractivity contribution is 0.509. The van der Waals surface area contributed by atoms with Crippen molar-refractivity contribution in [2.75, 3.05) is 11.9 Å². The van der Waals surface area contributed by atoms with Gasteiger partial charge in [-0.2, -0.15) is 0 Å². The van der Waals surface area contributed by atoms with Gasteiger partial charge < -0.3 is 4.90 Å². The Bertz CT molecular complexity index is 3680. The Morgan fingerprint density at radius 3 is 1.32 bits per heavy atom. The van der Waals surface area contributed by atoms with Crippen LogP contribution in [0.2, 0.25) is 0 Å². The molecule has 0 atom stereocenters. The van der Waals surface area contributed by atoms with Gasteiger partial charge in [-0.25, -0.2) is 0 Å². The van der Waals surface area contributed by atoms with E-state index in [1.165, 1.54) is 93.4 Å². The molecule has 0 saturated heterocycles. The average Bonchev–Trinajstić information content (AvgIpc) is 3.68. The first kappa shape index (κ1) is 46.8. The Balaban J connectivity index is 0.951. The predicted molar refractivity (Wildman–Crippen MR) is 314 cm³/mol. The number of allylic oxidation sites excluding steroid dienone is 11. The van der Waals surface area contributed by atoms with Crippen LogP contribution in [0, 0.1) is 6.92 Å². The van der Waals surface area contributed by atoms with Crippen LogP contribution in [0.5, 0.6) is 0 Å². The Kier molecular flexibility index (Phi) is 13.3. The van der Waals surface area contributed by atoms with Crippen molar-refractivity contribution in [3.05, 3.63) is 330 Å². The fourth-order valence-corrected chi connectivity index (χ4v) is 12.4. The minimum atomic E-state index is -0.450. The third-order valence-electron chi connectivity index (χ3n) is 15.5. The van der Waals surface area contributed by atoms with E-state index < -0.39 is 5.41 Å². The first-order valence-electron chi connectivity index (χ1n) is 25.8. The summed E-state index contributed by atoms with van der Waals surface area (Å²) in [6.07, 6.45) is 23.1. The molecule has 1 nitrogen and oxygen atoms in total. The lowest BCUT2D eigenvalue weighted by Gasteiger charge is -2.39. The van der Waals surface area contributed by atoms with Gasteiger partial charge in [0.25, 0.3) is 0 Å². The molecule has 0 aliphatic carbocycles. The standard InChI is InChI=1S/C72H61N/c1-53(71(49-55-32-14-9-15-33-55,50-56-34-16-10-17-35-56)68-54(2)59-40-23-24-41-60(59)61-42-25-28-45-64(61)68)31-13-7-5-4-6-8-22-48-67-72(51-57-36-18-11-19-37-57,52-58-38-20-12-21-39-58)69-65-46-29-26-43-62(65)63-44-27-30-47-66(63)70(69)73(67)3/h4-48H,1,49-52H2,2-3H3/b6-4+,7-5+,22-8+,31-13+,67-48+. The molecule has 73 heavy (non-hydrogen) atoms. The number of rotatable bonds is 15. The second kappa shape index (κ2) is 20.7. The highest BCUT2D eigenvalue weighted by molar-refractivity contribution is 6.17. The number of fused-ring (bicyclic) bond motifs is 9. The summed E-state index contributed by atoms with van der Waals surface area (Å²) in [7, 11) is 2.27. The number of anilines is 1. The molecule has 1 aliphatic rings. The van der Waals surface area contributed by atoms with Gasteiger partial charge in [-0.05, 0) is 121 Å². The van der Waals surface area contributed by atoms with Crippen molar-refractivity contribution >= 4 is 48.8 Å². The molecule has 10 aromatic rings. The van der Waals surface area contributed by atoms with Crippen LogP contribution < -0.4 is 4.90 Å². The lowest BCUT2D eigenvalue weighted by Crippen LogP contribution is -2.34. The highest BCUT2D eigenvalue weighted by atomic mass is 15.2. The predicted octanol–water partition coefficient (Wildman–Crippen LogP) is 17.9. The molecule has 0 N–H and O–H groups in total. The number of hydrogen-bond donors (Lipinski definition) is 0. The van der Waals surface area contributed by atoms with Crippen molar-refractivity contribution in [1.29, 1.82) is 0 Å². The zero-order valence-corrected chi connectivity index (χ0v) is 42.0. The Labute approximate surface area is 431 Å². The largest absolute Gasteiger partial charge is 0.346 e. The summed E-state index contributed by atoms with van der Waals surface area (Å²) in [5.74, 6) is 0. The van der Waals surface area contributed by atoms with Crippen molar-refractivity contribution in [3.8, 4) is 0 Å². The van der Waals surface area contributed by atoms with Crippen LogP contribution in [0.4, 0.5) is 5.69 Å². The number of nitrogens with zero attached hydrogens (tertiary/aromatic N) is 1. The normalized spacial score (nSPS) is 14.3. The van der Waals surface area contributed by atoms with Gasteiger partial charge in [0.1, 0.15) is 0 Å². The fraction of sp³-hybridized carbons (Fsp3) is 0.111. The van der Waals surface area contributed by atoms with Crippen LogP contribution in [0.1, 0.15) is 38.9 Å². The molecule has 0 bridgehead atoms. The first-order chi connectivity index (χ1) is 35.9. The molecule has 1 heteroatoms. The molecule has 10 aromatic carbocycles. The van der Waals surface area contributed by atoms with E-state index >= 15 is 0 Å². The van der Waals surface area contributed by atoms with E-state index in [-0.39, 0.29) is 5.41 Å². The Morgan fingerprint density at radius 1 is 0.425 bits per heavy atom. The minimum Gasteiger partial charge on any atom is -0.346 e. The molecule has 0 radical (unpaired) electrons. The maximum absolute atomic E-state index is 4.98. The summed E-state index contributed by atoms with van der Waals surface area (Å²) >= 11 is 0. The zero-order chi connectivity index (χ0) is 49.6. The number of benzene rings is 10. The van der Waals surface area contributed by atoms with Crippen LogP contribution >= 0.6 is 0 Å². The van der Waals surface area contributed by atoms with E-state index in [0.29, 0.717) is 0 Å². The van der Waals surface area contributed by atoms with Crippen molar-refractivity contribution in [3.63, 3.8) is 0 Å². The molecule has 1 heterocycles. The summed E-state index contributed by atoms with van der Waals surface area (Å²) in [6.45, 7) is 7.30. The summed E-state index contributed by atoms with van der Waals surface area (Å²) in [5.41, 5.74) is 12.2. The molecule has 0 saturated carbocycles. The molecule has 354 valence electrons. The Hall–Kier alpha value is -8.52. The van der Waals surface area contributed by atoms with Crippen molar-refractivity contribution in [1.82, 2.24) is 0 Å². The molecule has 0 amide bonds. The number of aryl methyl sites for hydroxylation is 1. The smallest absolute Gasteiger partial charge is 0.0534 e. The van der Waals surface area contributed by atoms with Gasteiger partial charge in [-0.3, -0.25) is 0 Å². The maximum Gasteiger partial charge on any atom is 0.0534 e. The lowest BCUT2D eigenvalue weighted by atomic mass is 9.64. The molecule has 11 rings (SSSR count). The molecule has 1 aliphatic heterocycles. The summed E-state index contributed by atoms with van der Waals surface area (Å²) in [6, 6.07) is 79.9. The topological polar surface area (TPSA) is 3.24 Å². The maximum atomic E-state index is 4.98. The van der Waals surface area contributed by atoms with E-state index in [0.717, 1.165) is 31.3 Å². The monoisotopic (exact) mass is 939 g/mol. The molecular formula is C72H61N. The van der Waals surface area contributed by atoms with Crippen LogP contribution in [0.3, 0.4) is 0 Å². The van der Waals surface area contributed by atoms with Crippen LogP contribution in [0.15, 0.2) is 291 Å². The second-order valence-corrected chi connectivity index (χ2v) is 19.9. The Morgan fingerprint density at radius 2 is 0.795 bits per heavy atom. The van der Waals surface area contributed by atoms with Crippen LogP contribution in [0.25, 0.3) is 43.1 Å². The van der Waals surface area contributed by atoms with Gasteiger partial charge in [0.05, 0.1) is 5.69 Å². The molecule has 0 aromatic heterocycles. The second-order valence-electron chi connectivity index (χ2n) is 19.9. The number of likely N-dealkylation sites (N-methyl/N-ethyl adjacent to an activating group) is 1. The van der Waals surface area contributed by atoms with Crippen molar-refractivity contribution in [2.45, 2.75) is 43.4 Å². The van der Waals surface area contributed by atoms with Crippen molar-refractivity contribution < 1.29 is 0 Å². The van der Waals surface area contributed by atoms with Gasteiger partial charge in [-0.15, -0.1) is 0 Å². The van der Waals surface area contributed by atoms with Crippen molar-refractivity contribution in [2.24, 2.45) is 0 Å². The van der Waals surface area contributed by atoms with Gasteiger partial charge in [0.15, 0.2) is 0 Å².